The zero-order chi connectivity index (χ0) is 25.2. The van der Waals surface area contributed by atoms with Gasteiger partial charge in [0, 0.05) is 62.1 Å². The zero-order valence-corrected chi connectivity index (χ0v) is 21.2. The van der Waals surface area contributed by atoms with Gasteiger partial charge in [-0.25, -0.2) is 4.98 Å². The van der Waals surface area contributed by atoms with Gasteiger partial charge in [0.2, 0.25) is 5.56 Å². The molecule has 4 heterocycles. The Kier molecular flexibility index (Phi) is 6.46. The number of rotatable bonds is 6. The van der Waals surface area contributed by atoms with Crippen LogP contribution in [0.3, 0.4) is 0 Å². The van der Waals surface area contributed by atoms with E-state index >= 15 is 0 Å². The molecule has 2 aliphatic rings. The molecule has 2 aliphatic heterocycles. The fourth-order valence-electron chi connectivity index (χ4n) is 4.57. The highest BCUT2D eigenvalue weighted by Gasteiger charge is 2.29. The molecule has 0 radical (unpaired) electrons. The van der Waals surface area contributed by atoms with Crippen molar-refractivity contribution < 1.29 is 9.47 Å². The molecule has 8 nitrogen and oxygen atoms in total. The maximum Gasteiger partial charge on any atom is 0.249 e. The van der Waals surface area contributed by atoms with Crippen LogP contribution in [0.5, 0.6) is 11.5 Å². The summed E-state index contributed by atoms with van der Waals surface area (Å²) in [7, 11) is 1.86. The Bertz CT molecular complexity index is 1470. The number of benzene rings is 2. The summed E-state index contributed by atoms with van der Waals surface area (Å²) in [6.07, 6.45) is 3.40. The Hall–Kier alpha value is -3.95. The van der Waals surface area contributed by atoms with E-state index in [1.54, 1.807) is 24.0 Å². The second-order valence-electron chi connectivity index (χ2n) is 8.91. The summed E-state index contributed by atoms with van der Waals surface area (Å²) in [4.78, 5) is 23.2. The molecule has 0 spiro atoms. The number of pyridine rings is 2. The van der Waals surface area contributed by atoms with Crippen LogP contribution in [0.25, 0.3) is 0 Å². The van der Waals surface area contributed by atoms with Gasteiger partial charge >= 0.3 is 0 Å². The van der Waals surface area contributed by atoms with E-state index in [0.29, 0.717) is 19.7 Å². The fraction of sp³-hybridized carbons (Fsp3) is 0.214. The molecule has 1 atom stereocenters. The minimum atomic E-state index is -0.158. The molecule has 0 bridgehead atoms. The second kappa shape index (κ2) is 10.2. The molecule has 1 fully saturated rings. The van der Waals surface area contributed by atoms with Crippen LogP contribution in [0.15, 0.2) is 87.6 Å². The third-order valence-corrected chi connectivity index (χ3v) is 7.58. The largest absolute Gasteiger partial charge is 0.455 e. The van der Waals surface area contributed by atoms with Crippen molar-refractivity contribution in [2.75, 3.05) is 42.3 Å². The van der Waals surface area contributed by atoms with Crippen molar-refractivity contribution in [3.8, 4) is 11.5 Å². The van der Waals surface area contributed by atoms with Gasteiger partial charge in [0.15, 0.2) is 0 Å². The number of aromatic nitrogens is 2. The lowest BCUT2D eigenvalue weighted by Gasteiger charge is -2.35. The number of morpholine rings is 1. The van der Waals surface area contributed by atoms with Crippen LogP contribution in [0.4, 0.5) is 17.2 Å². The first-order valence-electron chi connectivity index (χ1n) is 12.2. The summed E-state index contributed by atoms with van der Waals surface area (Å²) in [5.41, 5.74) is 3.95. The van der Waals surface area contributed by atoms with Crippen LogP contribution >= 0.6 is 11.8 Å². The topological polar surface area (TPSA) is 91.5 Å². The normalized spacial score (nSPS) is 16.4. The highest BCUT2D eigenvalue weighted by atomic mass is 32.2. The van der Waals surface area contributed by atoms with Crippen molar-refractivity contribution in [3.63, 3.8) is 0 Å². The van der Waals surface area contributed by atoms with E-state index in [0.717, 1.165) is 56.2 Å². The summed E-state index contributed by atoms with van der Waals surface area (Å²) in [5, 5.41) is 6.52. The minimum absolute atomic E-state index is 0.105. The molecule has 188 valence electrons. The van der Waals surface area contributed by atoms with Gasteiger partial charge in [0.05, 0.1) is 16.4 Å². The summed E-state index contributed by atoms with van der Waals surface area (Å²) in [6, 6.07) is 20.0. The van der Waals surface area contributed by atoms with Crippen LogP contribution in [0.2, 0.25) is 0 Å². The van der Waals surface area contributed by atoms with Crippen molar-refractivity contribution in [3.05, 3.63) is 94.5 Å². The van der Waals surface area contributed by atoms with E-state index < -0.39 is 0 Å². The molecule has 0 amide bonds. The standard InChI is InChI=1S/C28H27N5O3S/c1-29-26-8-5-18(16-32-26)15-31-19-6-7-22-25(13-19)37-24-4-2-3-21(28(24)36-22)23-17-33(11-12-35-23)20-9-10-30-27(34)14-20/h2-10,13-14,16,23,31H,11-12,15,17H2,1H3,(H,29,32)(H,30,34). The van der Waals surface area contributed by atoms with E-state index in [4.69, 9.17) is 9.47 Å². The zero-order valence-electron chi connectivity index (χ0n) is 20.4. The van der Waals surface area contributed by atoms with Crippen LogP contribution in [-0.4, -0.2) is 36.7 Å². The molecule has 0 saturated carbocycles. The van der Waals surface area contributed by atoms with Crippen LogP contribution in [-0.2, 0) is 11.3 Å². The van der Waals surface area contributed by atoms with Crippen LogP contribution < -0.4 is 25.8 Å². The number of H-pyrrole nitrogens is 1. The number of para-hydroxylation sites is 1. The number of aromatic amines is 1. The number of ether oxygens (including phenoxy) is 2. The second-order valence-corrected chi connectivity index (χ2v) is 10.00. The van der Waals surface area contributed by atoms with E-state index in [2.05, 4.69) is 55.8 Å². The van der Waals surface area contributed by atoms with Gasteiger partial charge < -0.3 is 30.0 Å². The molecule has 2 aromatic heterocycles. The summed E-state index contributed by atoms with van der Waals surface area (Å²) >= 11 is 1.70. The monoisotopic (exact) mass is 513 g/mol. The molecule has 6 rings (SSSR count). The predicted molar refractivity (Wildman–Crippen MR) is 146 cm³/mol. The quantitative estimate of drug-likeness (QED) is 0.283. The molecule has 37 heavy (non-hydrogen) atoms. The maximum atomic E-state index is 11.8. The van der Waals surface area contributed by atoms with Gasteiger partial charge in [-0.15, -0.1) is 0 Å². The van der Waals surface area contributed by atoms with Crippen molar-refractivity contribution in [1.29, 1.82) is 0 Å². The Labute approximate surface area is 219 Å². The molecule has 4 aromatic rings. The highest BCUT2D eigenvalue weighted by Crippen LogP contribution is 2.50. The molecule has 0 aliphatic carbocycles. The number of nitrogens with zero attached hydrogens (tertiary/aromatic N) is 2. The van der Waals surface area contributed by atoms with E-state index in [9.17, 15) is 4.79 Å². The molecule has 2 aromatic carbocycles. The van der Waals surface area contributed by atoms with Crippen LogP contribution in [0, 0.1) is 0 Å². The first-order chi connectivity index (χ1) is 18.2. The summed E-state index contributed by atoms with van der Waals surface area (Å²) in [6.45, 7) is 2.64. The van der Waals surface area contributed by atoms with Crippen molar-refractivity contribution >= 4 is 29.0 Å². The van der Waals surface area contributed by atoms with E-state index in [1.807, 2.05) is 37.5 Å². The maximum absolute atomic E-state index is 11.8. The Balaban J connectivity index is 1.18. The average Bonchev–Trinajstić information content (AvgIpc) is 2.95. The van der Waals surface area contributed by atoms with Crippen molar-refractivity contribution in [1.82, 2.24) is 9.97 Å². The SMILES string of the molecule is CNc1ccc(CNc2ccc3c(c2)Sc2cccc(C4CN(c5cc[nH]c(=O)c5)CCO4)c2O3)cn1. The van der Waals surface area contributed by atoms with Crippen molar-refractivity contribution in [2.24, 2.45) is 0 Å². The number of anilines is 3. The average molecular weight is 514 g/mol. The first-order valence-corrected chi connectivity index (χ1v) is 13.0. The van der Waals surface area contributed by atoms with Gasteiger partial charge in [0.1, 0.15) is 23.4 Å². The Morgan fingerprint density at radius 2 is 2.08 bits per heavy atom. The summed E-state index contributed by atoms with van der Waals surface area (Å²) < 4.78 is 12.6. The molecular formula is C28H27N5O3S. The fourth-order valence-corrected chi connectivity index (χ4v) is 5.60. The molecule has 9 heteroatoms. The smallest absolute Gasteiger partial charge is 0.249 e. The molecule has 1 saturated heterocycles. The third kappa shape index (κ3) is 5.00. The lowest BCUT2D eigenvalue weighted by molar-refractivity contribution is 0.0383. The number of hydrogen-bond acceptors (Lipinski definition) is 8. The predicted octanol–water partition coefficient (Wildman–Crippen LogP) is 5.26. The van der Waals surface area contributed by atoms with Crippen LogP contribution in [0.1, 0.15) is 17.2 Å². The van der Waals surface area contributed by atoms with Gasteiger partial charge in [-0.1, -0.05) is 30.0 Å². The minimum Gasteiger partial charge on any atom is -0.455 e. The number of nitrogens with one attached hydrogen (secondary N) is 3. The first kappa shape index (κ1) is 23.4. The van der Waals surface area contributed by atoms with Gasteiger partial charge in [0.25, 0.3) is 0 Å². The third-order valence-electron chi connectivity index (χ3n) is 6.50. The van der Waals surface area contributed by atoms with Crippen molar-refractivity contribution in [2.45, 2.75) is 22.4 Å². The van der Waals surface area contributed by atoms with Gasteiger partial charge in [-0.05, 0) is 42.0 Å². The number of hydrogen-bond donors (Lipinski definition) is 3. The van der Waals surface area contributed by atoms with Gasteiger partial charge in [-0.3, -0.25) is 4.79 Å². The molecule has 1 unspecified atom stereocenters. The van der Waals surface area contributed by atoms with E-state index in [1.165, 1.54) is 0 Å². The highest BCUT2D eigenvalue weighted by molar-refractivity contribution is 7.99. The Morgan fingerprint density at radius 3 is 2.92 bits per heavy atom. The molecule has 3 N–H and O–H groups in total. The van der Waals surface area contributed by atoms with Gasteiger partial charge in [-0.2, -0.15) is 0 Å². The lowest BCUT2D eigenvalue weighted by atomic mass is 10.1. The molecular weight excluding hydrogens is 486 g/mol. The number of fused-ring (bicyclic) bond motifs is 2. The Morgan fingerprint density at radius 1 is 1.14 bits per heavy atom. The van der Waals surface area contributed by atoms with E-state index in [-0.39, 0.29) is 11.7 Å². The lowest BCUT2D eigenvalue weighted by Crippen LogP contribution is -2.39. The summed E-state index contributed by atoms with van der Waals surface area (Å²) in [5.74, 6) is 2.53.